The fourth-order valence-corrected chi connectivity index (χ4v) is 3.14. The van der Waals surface area contributed by atoms with Crippen molar-refractivity contribution in [2.45, 2.75) is 17.7 Å². The first kappa shape index (κ1) is 17.1. The van der Waals surface area contributed by atoms with E-state index in [0.29, 0.717) is 24.3 Å². The van der Waals surface area contributed by atoms with Gasteiger partial charge in [0.25, 0.3) is 0 Å². The molecule has 0 saturated heterocycles. The fourth-order valence-electron chi connectivity index (χ4n) is 2.41. The van der Waals surface area contributed by atoms with Gasteiger partial charge >= 0.3 is 0 Å². The van der Waals surface area contributed by atoms with Gasteiger partial charge in [0.15, 0.2) is 0 Å². The average molecular weight is 359 g/mol. The highest BCUT2D eigenvalue weighted by molar-refractivity contribution is 7.89. The van der Waals surface area contributed by atoms with E-state index in [1.54, 1.807) is 25.3 Å². The summed E-state index contributed by atoms with van der Waals surface area (Å²) in [6, 6.07) is 14.0. The molecule has 25 heavy (non-hydrogen) atoms. The van der Waals surface area contributed by atoms with Gasteiger partial charge in [-0.2, -0.15) is 4.98 Å². The molecule has 0 saturated carbocycles. The van der Waals surface area contributed by atoms with Crippen LogP contribution in [-0.2, 0) is 22.9 Å². The van der Waals surface area contributed by atoms with Crippen LogP contribution in [-0.4, -0.2) is 25.7 Å². The maximum absolute atomic E-state index is 11.7. The fraction of sp³-hybridized carbons (Fsp3) is 0.176. The maximum atomic E-state index is 11.7. The molecule has 0 amide bonds. The second-order valence-corrected chi connectivity index (χ2v) is 6.93. The van der Waals surface area contributed by atoms with E-state index >= 15 is 0 Å². The van der Waals surface area contributed by atoms with E-state index in [1.165, 1.54) is 6.07 Å². The number of primary sulfonamides is 1. The maximum Gasteiger partial charge on any atom is 0.238 e. The lowest BCUT2D eigenvalue weighted by molar-refractivity contribution is 0.378. The van der Waals surface area contributed by atoms with E-state index in [9.17, 15) is 8.42 Å². The quantitative estimate of drug-likeness (QED) is 0.722. The second kappa shape index (κ2) is 7.04. The van der Waals surface area contributed by atoms with Gasteiger partial charge < -0.3 is 9.26 Å². The predicted molar refractivity (Wildman–Crippen MR) is 91.5 cm³/mol. The lowest BCUT2D eigenvalue weighted by Gasteiger charge is -2.02. The van der Waals surface area contributed by atoms with E-state index in [1.807, 2.05) is 24.3 Å². The molecule has 0 aliphatic carbocycles. The molecule has 0 atom stereocenters. The number of hydrogen-bond acceptors (Lipinski definition) is 6. The van der Waals surface area contributed by atoms with Crippen LogP contribution in [0.25, 0.3) is 11.4 Å². The Kier molecular flexibility index (Phi) is 4.82. The van der Waals surface area contributed by atoms with Crippen LogP contribution >= 0.6 is 0 Å². The van der Waals surface area contributed by atoms with Gasteiger partial charge in [0, 0.05) is 12.0 Å². The third-order valence-corrected chi connectivity index (χ3v) is 4.66. The zero-order chi connectivity index (χ0) is 17.9. The van der Waals surface area contributed by atoms with E-state index in [0.717, 1.165) is 11.3 Å². The summed E-state index contributed by atoms with van der Waals surface area (Å²) >= 11 is 0. The lowest BCUT2D eigenvalue weighted by atomic mass is 10.1. The number of nitrogens with two attached hydrogens (primary N) is 1. The number of rotatable bonds is 6. The van der Waals surface area contributed by atoms with E-state index in [4.69, 9.17) is 14.4 Å². The highest BCUT2D eigenvalue weighted by Crippen LogP contribution is 2.24. The van der Waals surface area contributed by atoms with Gasteiger partial charge in [0.2, 0.25) is 21.7 Å². The van der Waals surface area contributed by atoms with Crippen LogP contribution in [0.2, 0.25) is 0 Å². The normalized spacial score (nSPS) is 11.4. The van der Waals surface area contributed by atoms with Gasteiger partial charge in [-0.3, -0.25) is 0 Å². The molecule has 3 rings (SSSR count). The highest BCUT2D eigenvalue weighted by atomic mass is 32.2. The predicted octanol–water partition coefficient (Wildman–Crippen LogP) is 2.18. The van der Waals surface area contributed by atoms with E-state index in [2.05, 4.69) is 10.1 Å². The average Bonchev–Trinajstić information content (AvgIpc) is 3.08. The van der Waals surface area contributed by atoms with Crippen molar-refractivity contribution in [3.05, 3.63) is 60.0 Å². The molecule has 8 heteroatoms. The van der Waals surface area contributed by atoms with Crippen LogP contribution in [0.3, 0.4) is 0 Å². The highest BCUT2D eigenvalue weighted by Gasteiger charge is 2.18. The van der Waals surface area contributed by atoms with E-state index < -0.39 is 10.0 Å². The van der Waals surface area contributed by atoms with E-state index in [-0.39, 0.29) is 10.7 Å². The molecule has 0 spiro atoms. The number of methoxy groups -OCH3 is 1. The van der Waals surface area contributed by atoms with Crippen molar-refractivity contribution in [1.29, 1.82) is 0 Å². The molecule has 1 aromatic heterocycles. The first-order valence-electron chi connectivity index (χ1n) is 7.55. The smallest absolute Gasteiger partial charge is 0.238 e. The Labute approximate surface area is 145 Å². The number of hydrogen-bond donors (Lipinski definition) is 1. The number of ether oxygens (including phenoxy) is 1. The van der Waals surface area contributed by atoms with Gasteiger partial charge in [0.05, 0.1) is 12.0 Å². The number of sulfonamides is 1. The first-order chi connectivity index (χ1) is 12.0. The molecule has 1 heterocycles. The molecule has 2 aromatic carbocycles. The van der Waals surface area contributed by atoms with Gasteiger partial charge in [0.1, 0.15) is 5.75 Å². The molecule has 3 aromatic rings. The molecular weight excluding hydrogens is 342 g/mol. The van der Waals surface area contributed by atoms with Crippen molar-refractivity contribution in [2.75, 3.05) is 7.11 Å². The molecule has 0 fully saturated rings. The largest absolute Gasteiger partial charge is 0.497 e. The Morgan fingerprint density at radius 2 is 1.80 bits per heavy atom. The van der Waals surface area contributed by atoms with Crippen LogP contribution in [0.4, 0.5) is 0 Å². The minimum absolute atomic E-state index is 0.0301. The monoisotopic (exact) mass is 359 g/mol. The van der Waals surface area contributed by atoms with Crippen LogP contribution in [0.15, 0.2) is 57.9 Å². The zero-order valence-corrected chi connectivity index (χ0v) is 14.4. The Bertz CT molecular complexity index is 966. The van der Waals surface area contributed by atoms with Crippen molar-refractivity contribution < 1.29 is 17.7 Å². The summed E-state index contributed by atoms with van der Waals surface area (Å²) in [5, 5.41) is 9.11. The summed E-state index contributed by atoms with van der Waals surface area (Å²) in [5.41, 5.74) is 1.43. The first-order valence-corrected chi connectivity index (χ1v) is 9.10. The minimum Gasteiger partial charge on any atom is -0.497 e. The number of nitrogens with zero attached hydrogens (tertiary/aromatic N) is 2. The molecule has 130 valence electrons. The number of aromatic nitrogens is 2. The van der Waals surface area contributed by atoms with Gasteiger partial charge in [-0.15, -0.1) is 0 Å². The van der Waals surface area contributed by atoms with Crippen molar-refractivity contribution >= 4 is 10.0 Å². The minimum atomic E-state index is -3.87. The molecule has 7 nitrogen and oxygen atoms in total. The Morgan fingerprint density at radius 3 is 2.48 bits per heavy atom. The van der Waals surface area contributed by atoms with Crippen molar-refractivity contribution in [1.82, 2.24) is 10.1 Å². The van der Waals surface area contributed by atoms with Crippen LogP contribution in [0.1, 0.15) is 11.5 Å². The third-order valence-electron chi connectivity index (χ3n) is 3.69. The zero-order valence-electron chi connectivity index (χ0n) is 13.5. The molecule has 0 unspecified atom stereocenters. The summed E-state index contributed by atoms with van der Waals surface area (Å²) in [4.78, 5) is 4.25. The summed E-state index contributed by atoms with van der Waals surface area (Å²) in [6.07, 6.45) is 1.25. The lowest BCUT2D eigenvalue weighted by Crippen LogP contribution is -2.13. The molecule has 0 bridgehead atoms. The molecule has 0 radical (unpaired) electrons. The third kappa shape index (κ3) is 4.04. The Balaban J connectivity index is 1.77. The van der Waals surface area contributed by atoms with Gasteiger partial charge in [-0.1, -0.05) is 29.4 Å². The van der Waals surface area contributed by atoms with Gasteiger partial charge in [-0.25, -0.2) is 13.6 Å². The SMILES string of the molecule is COc1ccc(CCc2nc(-c3ccccc3S(N)(=O)=O)no2)cc1. The van der Waals surface area contributed by atoms with Crippen LogP contribution < -0.4 is 9.88 Å². The van der Waals surface area contributed by atoms with Gasteiger partial charge in [-0.05, 0) is 36.2 Å². The summed E-state index contributed by atoms with van der Waals surface area (Å²) in [6.45, 7) is 0. The van der Waals surface area contributed by atoms with Crippen molar-refractivity contribution in [3.63, 3.8) is 0 Å². The van der Waals surface area contributed by atoms with Crippen molar-refractivity contribution in [3.8, 4) is 17.1 Å². The second-order valence-electron chi connectivity index (χ2n) is 5.40. The molecule has 2 N–H and O–H groups in total. The number of benzene rings is 2. The van der Waals surface area contributed by atoms with Crippen LogP contribution in [0, 0.1) is 0 Å². The molecule has 0 aliphatic heterocycles. The Morgan fingerprint density at radius 1 is 1.08 bits per heavy atom. The summed E-state index contributed by atoms with van der Waals surface area (Å²) < 4.78 is 33.7. The molecular formula is C17H17N3O4S. The van der Waals surface area contributed by atoms with Crippen LogP contribution in [0.5, 0.6) is 5.75 Å². The summed E-state index contributed by atoms with van der Waals surface area (Å²) in [7, 11) is -2.25. The van der Waals surface area contributed by atoms with Crippen molar-refractivity contribution in [2.24, 2.45) is 5.14 Å². The molecule has 0 aliphatic rings. The standard InChI is InChI=1S/C17H17N3O4S/c1-23-13-9-6-12(7-10-13)8-11-16-19-17(20-24-16)14-4-2-3-5-15(14)25(18,21)22/h2-7,9-10H,8,11H2,1H3,(H2,18,21,22). The summed E-state index contributed by atoms with van der Waals surface area (Å²) in [5.74, 6) is 1.42. The number of aryl methyl sites for hydroxylation is 2. The topological polar surface area (TPSA) is 108 Å². The Hall–Kier alpha value is -2.71.